The third kappa shape index (κ3) is 2.18. The second-order valence-electron chi connectivity index (χ2n) is 2.82. The molecule has 0 nitrogen and oxygen atoms in total. The Balaban J connectivity index is 2.85. The molecule has 12 heavy (non-hydrogen) atoms. The van der Waals surface area contributed by atoms with Crippen LogP contribution in [0.2, 0.25) is 5.02 Å². The lowest BCUT2D eigenvalue weighted by molar-refractivity contribution is 0.850. The first kappa shape index (κ1) is 9.47. The van der Waals surface area contributed by atoms with Gasteiger partial charge in [-0.1, -0.05) is 11.6 Å². The molecule has 1 heteroatoms. The van der Waals surface area contributed by atoms with Gasteiger partial charge in [0, 0.05) is 24.8 Å². The predicted molar refractivity (Wildman–Crippen MR) is 54.4 cm³/mol. The first-order valence-corrected chi connectivity index (χ1v) is 4.76. The molecule has 0 spiro atoms. The van der Waals surface area contributed by atoms with E-state index in [0.717, 1.165) is 17.9 Å². The molecule has 64 valence electrons. The molecule has 0 aliphatic rings. The second-order valence-corrected chi connectivity index (χ2v) is 3.26. The number of rotatable bonds is 3. The Bertz CT molecular complexity index is 239. The molecule has 0 radical (unpaired) electrons. The van der Waals surface area contributed by atoms with Gasteiger partial charge in [-0.25, -0.2) is 0 Å². The molecule has 0 aliphatic carbocycles. The number of hydrogen-bond acceptors (Lipinski definition) is 0. The fraction of sp³-hybridized carbons (Fsp3) is 0.364. The lowest BCUT2D eigenvalue weighted by Gasteiger charge is -2.04. The van der Waals surface area contributed by atoms with E-state index in [-0.39, 0.29) is 0 Å². The van der Waals surface area contributed by atoms with Crippen LogP contribution in [0.3, 0.4) is 0 Å². The first-order chi connectivity index (χ1) is 5.77. The van der Waals surface area contributed by atoms with Crippen LogP contribution in [0.1, 0.15) is 32.3 Å². The van der Waals surface area contributed by atoms with Crippen molar-refractivity contribution in [2.24, 2.45) is 0 Å². The van der Waals surface area contributed by atoms with Crippen LogP contribution in [0.5, 0.6) is 0 Å². The average molecular weight is 182 g/mol. The summed E-state index contributed by atoms with van der Waals surface area (Å²) in [6.45, 7) is 4.36. The Kier molecular flexibility index (Phi) is 3.48. The SMILES string of the molecule is CC[C+](CC)c1cccc(Cl)c1. The molecule has 0 atom stereocenters. The number of halogens is 1. The summed E-state index contributed by atoms with van der Waals surface area (Å²) in [6.07, 6.45) is 2.22. The van der Waals surface area contributed by atoms with Crippen LogP contribution in [-0.2, 0) is 0 Å². The highest BCUT2D eigenvalue weighted by Crippen LogP contribution is 2.23. The summed E-state index contributed by atoms with van der Waals surface area (Å²) in [5.74, 6) is 1.47. The number of hydrogen-bond donors (Lipinski definition) is 0. The summed E-state index contributed by atoms with van der Waals surface area (Å²) in [5.41, 5.74) is 1.28. The minimum atomic E-state index is 0.826. The molecule has 0 N–H and O–H groups in total. The molecular weight excluding hydrogens is 168 g/mol. The normalized spacial score (nSPS) is 9.92. The minimum Gasteiger partial charge on any atom is -0.0682 e. The molecule has 0 saturated carbocycles. The molecule has 0 fully saturated rings. The molecule has 0 amide bonds. The van der Waals surface area contributed by atoms with Crippen LogP contribution < -0.4 is 0 Å². The summed E-state index contributed by atoms with van der Waals surface area (Å²) in [7, 11) is 0. The Labute approximate surface area is 79.6 Å². The highest BCUT2D eigenvalue weighted by Gasteiger charge is 2.14. The second kappa shape index (κ2) is 4.42. The third-order valence-electron chi connectivity index (χ3n) is 2.09. The van der Waals surface area contributed by atoms with Gasteiger partial charge in [-0.05, 0) is 26.0 Å². The van der Waals surface area contributed by atoms with Crippen molar-refractivity contribution in [1.82, 2.24) is 0 Å². The zero-order valence-electron chi connectivity index (χ0n) is 7.60. The van der Waals surface area contributed by atoms with E-state index in [1.807, 2.05) is 18.2 Å². The van der Waals surface area contributed by atoms with Crippen molar-refractivity contribution in [2.45, 2.75) is 26.7 Å². The van der Waals surface area contributed by atoms with Gasteiger partial charge >= 0.3 is 0 Å². The van der Waals surface area contributed by atoms with Crippen molar-refractivity contribution in [3.8, 4) is 0 Å². The van der Waals surface area contributed by atoms with Crippen LogP contribution in [0.25, 0.3) is 0 Å². The zero-order chi connectivity index (χ0) is 8.97. The van der Waals surface area contributed by atoms with Crippen LogP contribution in [0.15, 0.2) is 24.3 Å². The molecule has 0 unspecified atom stereocenters. The van der Waals surface area contributed by atoms with Crippen molar-refractivity contribution >= 4 is 11.6 Å². The van der Waals surface area contributed by atoms with Crippen LogP contribution in [0.4, 0.5) is 0 Å². The molecule has 0 heterocycles. The van der Waals surface area contributed by atoms with E-state index in [2.05, 4.69) is 19.9 Å². The van der Waals surface area contributed by atoms with E-state index in [0.29, 0.717) is 0 Å². The molecule has 1 aromatic carbocycles. The quantitative estimate of drug-likeness (QED) is 0.617. The molecule has 0 bridgehead atoms. The van der Waals surface area contributed by atoms with Crippen LogP contribution in [-0.4, -0.2) is 0 Å². The van der Waals surface area contributed by atoms with Crippen molar-refractivity contribution in [1.29, 1.82) is 0 Å². The summed E-state index contributed by atoms with van der Waals surface area (Å²) in [4.78, 5) is 0. The van der Waals surface area contributed by atoms with Gasteiger partial charge in [-0.2, -0.15) is 0 Å². The van der Waals surface area contributed by atoms with E-state index in [4.69, 9.17) is 11.6 Å². The summed E-state index contributed by atoms with van der Waals surface area (Å²) in [6, 6.07) is 8.06. The predicted octanol–water partition coefficient (Wildman–Crippen LogP) is 4.08. The van der Waals surface area contributed by atoms with Gasteiger partial charge in [0.2, 0.25) is 0 Å². The molecule has 0 saturated heterocycles. The van der Waals surface area contributed by atoms with Crippen molar-refractivity contribution in [3.63, 3.8) is 0 Å². The molecule has 1 aromatic rings. The lowest BCUT2D eigenvalue weighted by atomic mass is 9.94. The number of benzene rings is 1. The molecule has 1 rings (SSSR count). The van der Waals surface area contributed by atoms with Crippen LogP contribution in [0, 0.1) is 5.92 Å². The fourth-order valence-corrected chi connectivity index (χ4v) is 1.56. The smallest absolute Gasteiger partial charge is 0.0682 e. The topological polar surface area (TPSA) is 0 Å². The maximum atomic E-state index is 5.89. The highest BCUT2D eigenvalue weighted by molar-refractivity contribution is 6.30. The molecule has 0 aliphatic heterocycles. The highest BCUT2D eigenvalue weighted by atomic mass is 35.5. The van der Waals surface area contributed by atoms with Crippen molar-refractivity contribution in [3.05, 3.63) is 40.8 Å². The van der Waals surface area contributed by atoms with E-state index < -0.39 is 0 Å². The summed E-state index contributed by atoms with van der Waals surface area (Å²) >= 11 is 5.89. The van der Waals surface area contributed by atoms with Gasteiger partial charge in [0.15, 0.2) is 0 Å². The molecule has 0 aromatic heterocycles. The largest absolute Gasteiger partial charge is 0.134 e. The Morgan fingerprint density at radius 3 is 2.42 bits per heavy atom. The standard InChI is InChI=1S/C11H14Cl/c1-3-9(4-2)10-6-5-7-11(12)8-10/h5-8H,3-4H2,1-2H3/q+1. The van der Waals surface area contributed by atoms with Gasteiger partial charge < -0.3 is 0 Å². The molecular formula is C11H14Cl+. The van der Waals surface area contributed by atoms with Crippen LogP contribution >= 0.6 is 11.6 Å². The Morgan fingerprint density at radius 2 is 1.92 bits per heavy atom. The maximum absolute atomic E-state index is 5.89. The Hall–Kier alpha value is -0.620. The van der Waals surface area contributed by atoms with E-state index in [1.165, 1.54) is 11.5 Å². The Morgan fingerprint density at radius 1 is 1.25 bits per heavy atom. The fourth-order valence-electron chi connectivity index (χ4n) is 1.37. The zero-order valence-corrected chi connectivity index (χ0v) is 8.36. The van der Waals surface area contributed by atoms with E-state index in [9.17, 15) is 0 Å². The van der Waals surface area contributed by atoms with E-state index in [1.54, 1.807) is 0 Å². The monoisotopic (exact) mass is 181 g/mol. The first-order valence-electron chi connectivity index (χ1n) is 4.38. The van der Waals surface area contributed by atoms with Crippen molar-refractivity contribution in [2.75, 3.05) is 0 Å². The van der Waals surface area contributed by atoms with Gasteiger partial charge in [0.25, 0.3) is 0 Å². The van der Waals surface area contributed by atoms with E-state index >= 15 is 0 Å². The lowest BCUT2D eigenvalue weighted by Crippen LogP contribution is -1.95. The van der Waals surface area contributed by atoms with Gasteiger partial charge in [-0.3, -0.25) is 0 Å². The third-order valence-corrected chi connectivity index (χ3v) is 2.32. The minimum absolute atomic E-state index is 0.826. The maximum Gasteiger partial charge on any atom is 0.134 e. The van der Waals surface area contributed by atoms with Gasteiger partial charge in [-0.15, -0.1) is 0 Å². The van der Waals surface area contributed by atoms with Crippen molar-refractivity contribution < 1.29 is 0 Å². The summed E-state index contributed by atoms with van der Waals surface area (Å²) in [5, 5.41) is 0.826. The summed E-state index contributed by atoms with van der Waals surface area (Å²) < 4.78 is 0. The van der Waals surface area contributed by atoms with Gasteiger partial charge in [0.05, 0.1) is 11.1 Å². The average Bonchev–Trinajstić information content (AvgIpc) is 2.07. The van der Waals surface area contributed by atoms with Gasteiger partial charge in [0.1, 0.15) is 5.56 Å².